The molecule has 1 saturated heterocycles. The third-order valence-corrected chi connectivity index (χ3v) is 4.88. The number of nitrogens with one attached hydrogen (secondary N) is 3. The van der Waals surface area contributed by atoms with Gasteiger partial charge in [0.05, 0.1) is 0 Å². The maximum absolute atomic E-state index is 12.2. The molecule has 1 fully saturated rings. The molecule has 3 rings (SSSR count). The molecule has 0 saturated carbocycles. The first-order valence-electron chi connectivity index (χ1n) is 9.40. The first kappa shape index (κ1) is 18.4. The molecule has 0 aromatic heterocycles. The molecule has 1 aliphatic heterocycles. The van der Waals surface area contributed by atoms with Crippen LogP contribution in [0.3, 0.4) is 0 Å². The van der Waals surface area contributed by atoms with Crippen molar-refractivity contribution in [3.05, 3.63) is 60.2 Å². The van der Waals surface area contributed by atoms with Crippen molar-refractivity contribution in [2.45, 2.75) is 6.92 Å². The molecule has 0 bridgehead atoms. The van der Waals surface area contributed by atoms with Crippen LogP contribution in [0, 0.1) is 6.92 Å². The Bertz CT molecular complexity index is 680. The van der Waals surface area contributed by atoms with E-state index in [2.05, 4.69) is 5.32 Å². The summed E-state index contributed by atoms with van der Waals surface area (Å²) in [5, 5.41) is 2.99. The molecule has 26 heavy (non-hydrogen) atoms. The Morgan fingerprint density at radius 2 is 1.62 bits per heavy atom. The Labute approximate surface area is 155 Å². The van der Waals surface area contributed by atoms with Crippen LogP contribution in [0.25, 0.3) is 0 Å². The van der Waals surface area contributed by atoms with Gasteiger partial charge in [0.2, 0.25) is 0 Å². The van der Waals surface area contributed by atoms with Crippen molar-refractivity contribution >= 4 is 11.6 Å². The average molecular weight is 355 g/mol. The molecule has 0 unspecified atom stereocenters. The molecule has 5 heteroatoms. The number of anilines is 1. The van der Waals surface area contributed by atoms with Crippen LogP contribution in [0.15, 0.2) is 54.6 Å². The van der Waals surface area contributed by atoms with Crippen LogP contribution in [0.4, 0.5) is 5.69 Å². The van der Waals surface area contributed by atoms with E-state index in [4.69, 9.17) is 4.74 Å². The van der Waals surface area contributed by atoms with E-state index in [1.165, 1.54) is 10.5 Å². The number of piperazine rings is 1. The fourth-order valence-electron chi connectivity index (χ4n) is 3.28. The maximum atomic E-state index is 12.2. The highest BCUT2D eigenvalue weighted by atomic mass is 16.5. The fourth-order valence-corrected chi connectivity index (χ4v) is 3.28. The predicted molar refractivity (Wildman–Crippen MR) is 103 cm³/mol. The summed E-state index contributed by atoms with van der Waals surface area (Å²) >= 11 is 0. The number of rotatable bonds is 7. The standard InChI is InChI=1S/C21H27N3O2/c1-18-7-9-19(10-8-18)22-21(25)17-24-13-11-23(12-14-24)15-16-26-20-5-3-2-4-6-20/h2-10H,11-17H2,1H3,(H,22,25)/p+2. The Hall–Kier alpha value is -2.37. The molecule has 0 radical (unpaired) electrons. The van der Waals surface area contributed by atoms with E-state index in [0.29, 0.717) is 6.54 Å². The van der Waals surface area contributed by atoms with Crippen molar-refractivity contribution < 1.29 is 19.3 Å². The van der Waals surface area contributed by atoms with Crippen molar-refractivity contribution in [3.8, 4) is 5.75 Å². The number of hydrogen-bond donors (Lipinski definition) is 3. The maximum Gasteiger partial charge on any atom is 0.279 e. The lowest BCUT2D eigenvalue weighted by Gasteiger charge is -2.29. The van der Waals surface area contributed by atoms with E-state index in [1.54, 1.807) is 4.90 Å². The van der Waals surface area contributed by atoms with Crippen molar-refractivity contribution in [2.24, 2.45) is 0 Å². The number of carbonyl (C=O) groups is 1. The van der Waals surface area contributed by atoms with E-state index in [-0.39, 0.29) is 5.91 Å². The molecule has 2 aromatic rings. The molecular weight excluding hydrogens is 326 g/mol. The van der Waals surface area contributed by atoms with E-state index >= 15 is 0 Å². The second-order valence-corrected chi connectivity index (χ2v) is 7.00. The molecule has 0 spiro atoms. The number of ether oxygens (including phenoxy) is 1. The Morgan fingerprint density at radius 1 is 0.962 bits per heavy atom. The van der Waals surface area contributed by atoms with Crippen LogP contribution in [0.5, 0.6) is 5.75 Å². The van der Waals surface area contributed by atoms with Crippen LogP contribution in [0.2, 0.25) is 0 Å². The molecule has 2 aromatic carbocycles. The van der Waals surface area contributed by atoms with E-state index in [0.717, 1.165) is 50.8 Å². The number of carbonyl (C=O) groups excluding carboxylic acids is 1. The van der Waals surface area contributed by atoms with Gasteiger partial charge in [-0.1, -0.05) is 35.9 Å². The highest BCUT2D eigenvalue weighted by Gasteiger charge is 2.24. The quantitative estimate of drug-likeness (QED) is 0.644. The minimum absolute atomic E-state index is 0.0970. The summed E-state index contributed by atoms with van der Waals surface area (Å²) in [6, 6.07) is 17.9. The first-order chi connectivity index (χ1) is 12.7. The summed E-state index contributed by atoms with van der Waals surface area (Å²) in [6.07, 6.45) is 0. The molecule has 1 heterocycles. The zero-order chi connectivity index (χ0) is 18.2. The van der Waals surface area contributed by atoms with Gasteiger partial charge in [-0.15, -0.1) is 0 Å². The number of quaternary nitrogens is 2. The first-order valence-corrected chi connectivity index (χ1v) is 9.40. The van der Waals surface area contributed by atoms with Gasteiger partial charge >= 0.3 is 0 Å². The highest BCUT2D eigenvalue weighted by Crippen LogP contribution is 2.08. The highest BCUT2D eigenvalue weighted by molar-refractivity contribution is 5.91. The summed E-state index contributed by atoms with van der Waals surface area (Å²) in [6.45, 7) is 8.57. The van der Waals surface area contributed by atoms with E-state index < -0.39 is 0 Å². The molecule has 1 amide bonds. The fraction of sp³-hybridized carbons (Fsp3) is 0.381. The zero-order valence-corrected chi connectivity index (χ0v) is 15.5. The predicted octanol–water partition coefficient (Wildman–Crippen LogP) is -0.204. The monoisotopic (exact) mass is 355 g/mol. The van der Waals surface area contributed by atoms with Crippen molar-refractivity contribution in [3.63, 3.8) is 0 Å². The Morgan fingerprint density at radius 3 is 2.31 bits per heavy atom. The number of amides is 1. The minimum atomic E-state index is 0.0970. The number of benzene rings is 2. The van der Waals surface area contributed by atoms with Crippen LogP contribution < -0.4 is 19.9 Å². The second-order valence-electron chi connectivity index (χ2n) is 7.00. The lowest BCUT2D eigenvalue weighted by atomic mass is 10.2. The van der Waals surface area contributed by atoms with Gasteiger partial charge in [-0.25, -0.2) is 0 Å². The van der Waals surface area contributed by atoms with E-state index in [1.807, 2.05) is 61.5 Å². The largest absolute Gasteiger partial charge is 0.488 e. The minimum Gasteiger partial charge on any atom is -0.488 e. The van der Waals surface area contributed by atoms with Crippen molar-refractivity contribution in [1.29, 1.82) is 0 Å². The molecule has 138 valence electrons. The van der Waals surface area contributed by atoms with E-state index in [9.17, 15) is 4.79 Å². The molecule has 3 N–H and O–H groups in total. The smallest absolute Gasteiger partial charge is 0.279 e. The van der Waals surface area contributed by atoms with Crippen LogP contribution in [-0.4, -0.2) is 51.8 Å². The van der Waals surface area contributed by atoms with Crippen molar-refractivity contribution in [1.82, 2.24) is 0 Å². The van der Waals surface area contributed by atoms with Crippen LogP contribution in [0.1, 0.15) is 5.56 Å². The van der Waals surface area contributed by atoms with Gasteiger partial charge in [0.1, 0.15) is 45.1 Å². The zero-order valence-electron chi connectivity index (χ0n) is 15.5. The normalized spacial score (nSPS) is 19.7. The van der Waals surface area contributed by atoms with Gasteiger partial charge in [-0.3, -0.25) is 4.79 Å². The lowest BCUT2D eigenvalue weighted by Crippen LogP contribution is -3.28. The van der Waals surface area contributed by atoms with Gasteiger partial charge in [0.15, 0.2) is 6.54 Å². The number of para-hydroxylation sites is 1. The molecule has 5 nitrogen and oxygen atoms in total. The summed E-state index contributed by atoms with van der Waals surface area (Å²) in [4.78, 5) is 15.1. The topological polar surface area (TPSA) is 47.2 Å². The molecule has 0 atom stereocenters. The third-order valence-electron chi connectivity index (χ3n) is 4.88. The van der Waals surface area contributed by atoms with Crippen LogP contribution in [-0.2, 0) is 4.79 Å². The molecule has 0 aliphatic carbocycles. The lowest BCUT2D eigenvalue weighted by molar-refractivity contribution is -1.01. The van der Waals surface area contributed by atoms with Gasteiger partial charge < -0.3 is 19.9 Å². The summed E-state index contributed by atoms with van der Waals surface area (Å²) in [7, 11) is 0. The Balaban J connectivity index is 1.33. The third kappa shape index (κ3) is 5.86. The van der Waals surface area contributed by atoms with Gasteiger partial charge in [-0.05, 0) is 31.2 Å². The molecular formula is C21H29N3O2+2. The molecule has 1 aliphatic rings. The van der Waals surface area contributed by atoms with Crippen molar-refractivity contribution in [2.75, 3.05) is 51.2 Å². The number of aryl methyl sites for hydroxylation is 1. The van der Waals surface area contributed by atoms with Gasteiger partial charge in [0.25, 0.3) is 5.91 Å². The number of hydrogen-bond acceptors (Lipinski definition) is 2. The summed E-state index contributed by atoms with van der Waals surface area (Å²) in [5.41, 5.74) is 2.08. The average Bonchev–Trinajstić information content (AvgIpc) is 2.66. The van der Waals surface area contributed by atoms with Crippen LogP contribution >= 0.6 is 0 Å². The van der Waals surface area contributed by atoms with Gasteiger partial charge in [0, 0.05) is 5.69 Å². The summed E-state index contributed by atoms with van der Waals surface area (Å²) in [5.74, 6) is 1.03. The Kier molecular flexibility index (Phi) is 6.63. The van der Waals surface area contributed by atoms with Gasteiger partial charge in [-0.2, -0.15) is 0 Å². The second kappa shape index (κ2) is 9.36. The summed E-state index contributed by atoms with van der Waals surface area (Å²) < 4.78 is 5.78. The SMILES string of the molecule is Cc1ccc(NC(=O)C[NH+]2CC[NH+](CCOc3ccccc3)CC2)cc1.